The summed E-state index contributed by atoms with van der Waals surface area (Å²) in [6, 6.07) is 6.83. The molecule has 8 heteroatoms. The monoisotopic (exact) mass is 409 g/mol. The van der Waals surface area contributed by atoms with Gasteiger partial charge in [0.1, 0.15) is 5.75 Å². The first kappa shape index (κ1) is 21.9. The van der Waals surface area contributed by atoms with E-state index in [0.717, 1.165) is 18.4 Å². The van der Waals surface area contributed by atoms with Crippen LogP contribution in [-0.4, -0.2) is 63.0 Å². The van der Waals surface area contributed by atoms with E-state index in [-0.39, 0.29) is 23.5 Å². The fraction of sp³-hybridized carbons (Fsp3) is 0.500. The molecule has 0 N–H and O–H groups in total. The lowest BCUT2D eigenvalue weighted by atomic mass is 10.2. The molecule has 1 aliphatic heterocycles. The number of benzene rings is 1. The molecule has 0 unspecified atom stereocenters. The molecule has 1 aromatic carbocycles. The summed E-state index contributed by atoms with van der Waals surface area (Å²) in [4.78, 5) is 26.0. The van der Waals surface area contributed by atoms with Gasteiger partial charge < -0.3 is 14.4 Å². The van der Waals surface area contributed by atoms with E-state index in [0.29, 0.717) is 18.7 Å². The van der Waals surface area contributed by atoms with Gasteiger partial charge in [-0.2, -0.15) is 0 Å². The van der Waals surface area contributed by atoms with Crippen LogP contribution < -0.4 is 4.74 Å². The van der Waals surface area contributed by atoms with Crippen LogP contribution in [0.4, 0.5) is 0 Å². The molecule has 1 fully saturated rings. The third-order valence-corrected chi connectivity index (χ3v) is 6.32. The minimum Gasteiger partial charge on any atom is -0.497 e. The first-order chi connectivity index (χ1) is 13.3. The van der Waals surface area contributed by atoms with Crippen molar-refractivity contribution in [2.75, 3.05) is 31.8 Å². The number of carbonyl (C=O) groups is 2. The summed E-state index contributed by atoms with van der Waals surface area (Å²) in [6.07, 6.45) is 4.91. The average molecular weight is 410 g/mol. The van der Waals surface area contributed by atoms with E-state index in [1.165, 1.54) is 6.08 Å². The largest absolute Gasteiger partial charge is 0.497 e. The van der Waals surface area contributed by atoms with Crippen LogP contribution in [-0.2, 0) is 24.2 Å². The summed E-state index contributed by atoms with van der Waals surface area (Å²) in [5.41, 5.74) is 0.767. The summed E-state index contributed by atoms with van der Waals surface area (Å²) in [5, 5.41) is 0. The normalized spacial score (nSPS) is 18.1. The van der Waals surface area contributed by atoms with Crippen molar-refractivity contribution in [2.24, 2.45) is 0 Å². The molecule has 7 nitrogen and oxygen atoms in total. The van der Waals surface area contributed by atoms with Crippen LogP contribution in [0.15, 0.2) is 30.3 Å². The van der Waals surface area contributed by atoms with E-state index in [1.54, 1.807) is 36.3 Å². The molecular weight excluding hydrogens is 382 g/mol. The zero-order chi connectivity index (χ0) is 20.6. The first-order valence-corrected chi connectivity index (χ1v) is 11.2. The number of esters is 1. The molecule has 0 spiro atoms. The van der Waals surface area contributed by atoms with Crippen molar-refractivity contribution in [1.82, 2.24) is 4.90 Å². The minimum absolute atomic E-state index is 0.0217. The Morgan fingerprint density at radius 3 is 2.75 bits per heavy atom. The Balaban J connectivity index is 1.91. The van der Waals surface area contributed by atoms with Crippen LogP contribution in [0.25, 0.3) is 6.08 Å². The van der Waals surface area contributed by atoms with E-state index < -0.39 is 22.4 Å². The first-order valence-electron chi connectivity index (χ1n) is 9.33. The van der Waals surface area contributed by atoms with Gasteiger partial charge in [0.2, 0.25) is 0 Å². The Kier molecular flexibility index (Phi) is 8.04. The summed E-state index contributed by atoms with van der Waals surface area (Å²) in [5.74, 6) is -0.254. The summed E-state index contributed by atoms with van der Waals surface area (Å²) in [6.45, 7) is 2.06. The number of ether oxygens (including phenoxy) is 2. The Labute approximate surface area is 166 Å². The molecule has 2 rings (SSSR count). The summed E-state index contributed by atoms with van der Waals surface area (Å²) in [7, 11) is -1.54. The second-order valence-corrected chi connectivity index (χ2v) is 8.94. The van der Waals surface area contributed by atoms with Gasteiger partial charge >= 0.3 is 5.97 Å². The maximum Gasteiger partial charge on any atom is 0.331 e. The summed E-state index contributed by atoms with van der Waals surface area (Å²) >= 11 is 0. The number of nitrogens with zero attached hydrogens (tertiary/aromatic N) is 1. The molecule has 1 aromatic rings. The predicted octanol–water partition coefficient (Wildman–Crippen LogP) is 2.07. The van der Waals surface area contributed by atoms with Crippen molar-refractivity contribution in [3.63, 3.8) is 0 Å². The lowest BCUT2D eigenvalue weighted by Crippen LogP contribution is -2.43. The van der Waals surface area contributed by atoms with Gasteiger partial charge in [-0.3, -0.25) is 4.79 Å². The van der Waals surface area contributed by atoms with Crippen molar-refractivity contribution >= 4 is 27.8 Å². The van der Waals surface area contributed by atoms with Gasteiger partial charge in [0.05, 0.1) is 18.6 Å². The van der Waals surface area contributed by atoms with E-state index in [1.807, 2.05) is 13.0 Å². The number of carbonyl (C=O) groups excluding carboxylic acids is 2. The molecule has 1 aliphatic rings. The number of rotatable bonds is 9. The van der Waals surface area contributed by atoms with Crippen LogP contribution in [0.5, 0.6) is 5.75 Å². The molecule has 1 atom stereocenters. The highest BCUT2D eigenvalue weighted by Crippen LogP contribution is 2.19. The maximum atomic E-state index is 12.5. The van der Waals surface area contributed by atoms with Crippen molar-refractivity contribution in [2.45, 2.75) is 32.2 Å². The van der Waals surface area contributed by atoms with Crippen molar-refractivity contribution in [3.05, 3.63) is 35.9 Å². The topological polar surface area (TPSA) is 90.0 Å². The fourth-order valence-electron chi connectivity index (χ4n) is 3.03. The molecule has 0 saturated carbocycles. The zero-order valence-electron chi connectivity index (χ0n) is 16.3. The summed E-state index contributed by atoms with van der Waals surface area (Å²) < 4.78 is 33.6. The van der Waals surface area contributed by atoms with Crippen LogP contribution in [0.1, 0.15) is 31.7 Å². The quantitative estimate of drug-likeness (QED) is 0.458. The van der Waals surface area contributed by atoms with Gasteiger partial charge in [-0.05, 0) is 36.6 Å². The molecule has 1 amide bonds. The van der Waals surface area contributed by atoms with Crippen LogP contribution in [0.3, 0.4) is 0 Å². The van der Waals surface area contributed by atoms with Gasteiger partial charge in [-0.25, -0.2) is 13.2 Å². The van der Waals surface area contributed by atoms with Gasteiger partial charge in [-0.15, -0.1) is 0 Å². The molecular formula is C20H27NO6S. The standard InChI is InChI=1S/C20H27NO6S/c1-3-4-11-21(17-10-12-28(24,25)15-17)19(22)14-27-20(23)9-8-16-6-5-7-18(13-16)26-2/h5-9,13,17H,3-4,10-12,14-15H2,1-2H3/b9-8+/t17-/m1/s1. The lowest BCUT2D eigenvalue weighted by molar-refractivity contribution is -0.149. The zero-order valence-corrected chi connectivity index (χ0v) is 17.1. The average Bonchev–Trinajstić information content (AvgIpc) is 3.04. The molecule has 154 valence electrons. The van der Waals surface area contributed by atoms with E-state index in [2.05, 4.69) is 0 Å². The number of sulfone groups is 1. The molecule has 0 aromatic heterocycles. The molecule has 0 bridgehead atoms. The van der Waals surface area contributed by atoms with E-state index in [9.17, 15) is 18.0 Å². The second kappa shape index (κ2) is 10.3. The predicted molar refractivity (Wildman–Crippen MR) is 107 cm³/mol. The highest BCUT2D eigenvalue weighted by Gasteiger charge is 2.34. The number of unbranched alkanes of at least 4 members (excludes halogenated alkanes) is 1. The molecule has 0 aliphatic carbocycles. The van der Waals surface area contributed by atoms with Crippen molar-refractivity contribution < 1.29 is 27.5 Å². The highest BCUT2D eigenvalue weighted by molar-refractivity contribution is 7.91. The Bertz CT molecular complexity index is 818. The van der Waals surface area contributed by atoms with Crippen LogP contribution in [0, 0.1) is 0 Å². The third kappa shape index (κ3) is 6.67. The smallest absolute Gasteiger partial charge is 0.331 e. The Hall–Kier alpha value is -2.35. The Morgan fingerprint density at radius 2 is 2.11 bits per heavy atom. The van der Waals surface area contributed by atoms with Gasteiger partial charge in [0.15, 0.2) is 16.4 Å². The van der Waals surface area contributed by atoms with Gasteiger partial charge in [0, 0.05) is 18.7 Å². The number of hydrogen-bond acceptors (Lipinski definition) is 6. The van der Waals surface area contributed by atoms with Crippen molar-refractivity contribution in [1.29, 1.82) is 0 Å². The van der Waals surface area contributed by atoms with E-state index in [4.69, 9.17) is 9.47 Å². The number of hydrogen-bond donors (Lipinski definition) is 0. The highest BCUT2D eigenvalue weighted by atomic mass is 32.2. The lowest BCUT2D eigenvalue weighted by Gasteiger charge is -2.28. The molecule has 1 heterocycles. The van der Waals surface area contributed by atoms with Gasteiger partial charge in [-0.1, -0.05) is 25.5 Å². The van der Waals surface area contributed by atoms with Gasteiger partial charge in [0.25, 0.3) is 5.91 Å². The molecule has 28 heavy (non-hydrogen) atoms. The second-order valence-electron chi connectivity index (χ2n) is 6.72. The van der Waals surface area contributed by atoms with Crippen LogP contribution in [0.2, 0.25) is 0 Å². The minimum atomic E-state index is -3.10. The third-order valence-electron chi connectivity index (χ3n) is 4.57. The molecule has 0 radical (unpaired) electrons. The molecule has 1 saturated heterocycles. The maximum absolute atomic E-state index is 12.5. The number of amides is 1. The number of methoxy groups -OCH3 is 1. The van der Waals surface area contributed by atoms with Crippen LogP contribution >= 0.6 is 0 Å². The fourth-order valence-corrected chi connectivity index (χ4v) is 4.76. The Morgan fingerprint density at radius 1 is 1.32 bits per heavy atom. The van der Waals surface area contributed by atoms with Crippen molar-refractivity contribution in [3.8, 4) is 5.75 Å². The SMILES string of the molecule is CCCCN(C(=O)COC(=O)/C=C/c1cccc(OC)c1)[C@@H]1CCS(=O)(=O)C1. The van der Waals surface area contributed by atoms with E-state index >= 15 is 0 Å².